The zero-order valence-electron chi connectivity index (χ0n) is 16.6. The maximum Gasteiger partial charge on any atom is 0.255 e. The molecule has 5 N–H and O–H groups in total. The number of halogens is 2. The monoisotopic (exact) mass is 525 g/mol. The van der Waals surface area contributed by atoms with Gasteiger partial charge in [-0.15, -0.1) is 24.0 Å². The van der Waals surface area contributed by atoms with Crippen molar-refractivity contribution >= 4 is 46.7 Å². The number of primary amides is 1. The van der Waals surface area contributed by atoms with Gasteiger partial charge in [-0.05, 0) is 47.9 Å². The standard InChI is InChI=1S/C21H24FN5O2.HI/c1-24-21(27-11-14-3-2-4-17(9-14)29-13-20(23)28)25-8-7-15-12-26-19-10-16(22)5-6-18(15)19;/h2-6,9-10,12,26H,7-8,11,13H2,1H3,(H2,23,28)(H2,24,25,27);1H. The molecule has 0 atom stereocenters. The lowest BCUT2D eigenvalue weighted by Crippen LogP contribution is -2.37. The van der Waals surface area contributed by atoms with Gasteiger partial charge in [-0.3, -0.25) is 9.79 Å². The van der Waals surface area contributed by atoms with E-state index in [1.54, 1.807) is 19.2 Å². The van der Waals surface area contributed by atoms with Crippen LogP contribution in [0.5, 0.6) is 5.75 Å². The molecule has 0 spiro atoms. The normalized spacial score (nSPS) is 11.1. The molecule has 3 aromatic rings. The molecule has 0 aliphatic heterocycles. The van der Waals surface area contributed by atoms with Crippen LogP contribution in [0.1, 0.15) is 11.1 Å². The van der Waals surface area contributed by atoms with Crippen molar-refractivity contribution in [3.8, 4) is 5.75 Å². The van der Waals surface area contributed by atoms with Crippen molar-refractivity contribution in [2.24, 2.45) is 10.7 Å². The molecule has 0 aliphatic rings. The molecule has 1 aromatic heterocycles. The molecule has 30 heavy (non-hydrogen) atoms. The van der Waals surface area contributed by atoms with E-state index in [0.717, 1.165) is 28.5 Å². The average Bonchev–Trinajstić information content (AvgIpc) is 3.11. The number of aromatic amines is 1. The molecule has 0 unspecified atom stereocenters. The molecule has 1 amide bonds. The quantitative estimate of drug-likeness (QED) is 0.206. The Morgan fingerprint density at radius 1 is 1.23 bits per heavy atom. The summed E-state index contributed by atoms with van der Waals surface area (Å²) in [6, 6.07) is 12.2. The first-order valence-electron chi connectivity index (χ1n) is 9.25. The predicted molar refractivity (Wildman–Crippen MR) is 127 cm³/mol. The van der Waals surface area contributed by atoms with Crippen LogP contribution < -0.4 is 21.1 Å². The Kier molecular flexibility index (Phi) is 8.90. The lowest BCUT2D eigenvalue weighted by Gasteiger charge is -2.12. The van der Waals surface area contributed by atoms with Crippen LogP contribution in [0.25, 0.3) is 10.9 Å². The number of rotatable bonds is 8. The van der Waals surface area contributed by atoms with Crippen LogP contribution >= 0.6 is 24.0 Å². The number of guanidine groups is 1. The van der Waals surface area contributed by atoms with Gasteiger partial charge in [0, 0.05) is 37.2 Å². The smallest absolute Gasteiger partial charge is 0.255 e. The van der Waals surface area contributed by atoms with Crippen LogP contribution in [0.15, 0.2) is 53.7 Å². The summed E-state index contributed by atoms with van der Waals surface area (Å²) in [7, 11) is 1.70. The van der Waals surface area contributed by atoms with Crippen molar-refractivity contribution in [2.45, 2.75) is 13.0 Å². The number of nitrogens with two attached hydrogens (primary N) is 1. The number of hydrogen-bond donors (Lipinski definition) is 4. The molecule has 0 saturated heterocycles. The fraction of sp³-hybridized carbons (Fsp3) is 0.238. The van der Waals surface area contributed by atoms with Crippen LogP contribution in [-0.2, 0) is 17.8 Å². The topological polar surface area (TPSA) is 105 Å². The first-order chi connectivity index (χ1) is 14.0. The first-order valence-corrected chi connectivity index (χ1v) is 9.25. The summed E-state index contributed by atoms with van der Waals surface area (Å²) >= 11 is 0. The summed E-state index contributed by atoms with van der Waals surface area (Å²) in [5, 5.41) is 7.52. The molecule has 2 aromatic carbocycles. The Morgan fingerprint density at radius 3 is 2.83 bits per heavy atom. The summed E-state index contributed by atoms with van der Waals surface area (Å²) in [4.78, 5) is 18.1. The third-order valence-corrected chi connectivity index (χ3v) is 4.38. The maximum atomic E-state index is 13.3. The molecular formula is C21H25FIN5O2. The maximum absolute atomic E-state index is 13.3. The zero-order valence-corrected chi connectivity index (χ0v) is 18.9. The van der Waals surface area contributed by atoms with E-state index in [0.29, 0.717) is 24.8 Å². The van der Waals surface area contributed by atoms with Crippen LogP contribution in [-0.4, -0.2) is 37.1 Å². The van der Waals surface area contributed by atoms with Gasteiger partial charge in [0.1, 0.15) is 11.6 Å². The van der Waals surface area contributed by atoms with E-state index in [2.05, 4.69) is 20.6 Å². The summed E-state index contributed by atoms with van der Waals surface area (Å²) in [6.45, 7) is 1.06. The molecule has 0 fully saturated rings. The molecule has 0 saturated carbocycles. The molecule has 3 rings (SSSR count). The minimum Gasteiger partial charge on any atom is -0.484 e. The highest BCUT2D eigenvalue weighted by Gasteiger charge is 2.06. The van der Waals surface area contributed by atoms with Crippen LogP contribution in [0.4, 0.5) is 4.39 Å². The Balaban J connectivity index is 0.00000320. The van der Waals surface area contributed by atoms with Crippen molar-refractivity contribution in [3.63, 3.8) is 0 Å². The van der Waals surface area contributed by atoms with E-state index in [1.807, 2.05) is 24.4 Å². The predicted octanol–water partition coefficient (Wildman–Crippen LogP) is 2.70. The van der Waals surface area contributed by atoms with Crippen molar-refractivity contribution in [1.82, 2.24) is 15.6 Å². The van der Waals surface area contributed by atoms with E-state index < -0.39 is 5.91 Å². The van der Waals surface area contributed by atoms with Gasteiger partial charge in [0.05, 0.1) is 0 Å². The van der Waals surface area contributed by atoms with Gasteiger partial charge in [0.2, 0.25) is 0 Å². The molecular weight excluding hydrogens is 500 g/mol. The SMILES string of the molecule is CN=C(NCCc1c[nH]c2cc(F)ccc12)NCc1cccc(OCC(N)=O)c1.I. The summed E-state index contributed by atoms with van der Waals surface area (Å²) in [6.07, 6.45) is 2.67. The number of nitrogens with one attached hydrogen (secondary N) is 3. The molecule has 0 bridgehead atoms. The minimum absolute atomic E-state index is 0. The molecule has 7 nitrogen and oxygen atoms in total. The second-order valence-electron chi connectivity index (χ2n) is 6.51. The number of aromatic nitrogens is 1. The largest absolute Gasteiger partial charge is 0.484 e. The number of aliphatic imine (C=N–C) groups is 1. The number of hydrogen-bond acceptors (Lipinski definition) is 3. The average molecular weight is 525 g/mol. The fourth-order valence-electron chi connectivity index (χ4n) is 2.99. The van der Waals surface area contributed by atoms with Crippen molar-refractivity contribution < 1.29 is 13.9 Å². The summed E-state index contributed by atoms with van der Waals surface area (Å²) in [5.74, 6) is 0.484. The number of carbonyl (C=O) groups excluding carboxylic acids is 1. The Labute approximate surface area is 191 Å². The third-order valence-electron chi connectivity index (χ3n) is 4.38. The zero-order chi connectivity index (χ0) is 20.6. The fourth-order valence-corrected chi connectivity index (χ4v) is 2.99. The Morgan fingerprint density at radius 2 is 2.07 bits per heavy atom. The second-order valence-corrected chi connectivity index (χ2v) is 6.51. The van der Waals surface area contributed by atoms with Gasteiger partial charge in [0.25, 0.3) is 5.91 Å². The van der Waals surface area contributed by atoms with E-state index >= 15 is 0 Å². The number of H-pyrrole nitrogens is 1. The first kappa shape index (κ1) is 23.5. The molecule has 9 heteroatoms. The van der Waals surface area contributed by atoms with E-state index in [-0.39, 0.29) is 36.4 Å². The summed E-state index contributed by atoms with van der Waals surface area (Å²) in [5.41, 5.74) is 7.98. The highest BCUT2D eigenvalue weighted by Crippen LogP contribution is 2.19. The van der Waals surface area contributed by atoms with E-state index in [1.165, 1.54) is 12.1 Å². The van der Waals surface area contributed by atoms with Gasteiger partial charge >= 0.3 is 0 Å². The van der Waals surface area contributed by atoms with Gasteiger partial charge in [-0.1, -0.05) is 12.1 Å². The van der Waals surface area contributed by atoms with Crippen LogP contribution in [0, 0.1) is 5.82 Å². The highest BCUT2D eigenvalue weighted by molar-refractivity contribution is 14.0. The van der Waals surface area contributed by atoms with Gasteiger partial charge < -0.3 is 26.1 Å². The van der Waals surface area contributed by atoms with Gasteiger partial charge in [0.15, 0.2) is 12.6 Å². The van der Waals surface area contributed by atoms with Crippen LogP contribution in [0.3, 0.4) is 0 Å². The molecule has 0 radical (unpaired) electrons. The van der Waals surface area contributed by atoms with E-state index in [4.69, 9.17) is 10.5 Å². The van der Waals surface area contributed by atoms with E-state index in [9.17, 15) is 9.18 Å². The number of amides is 1. The van der Waals surface area contributed by atoms with Crippen molar-refractivity contribution in [3.05, 3.63) is 65.6 Å². The highest BCUT2D eigenvalue weighted by atomic mass is 127. The van der Waals surface area contributed by atoms with Crippen molar-refractivity contribution in [1.29, 1.82) is 0 Å². The number of nitrogens with zero attached hydrogens (tertiary/aromatic N) is 1. The number of carbonyl (C=O) groups is 1. The Hall–Kier alpha value is -2.82. The molecule has 160 valence electrons. The van der Waals surface area contributed by atoms with Gasteiger partial charge in [-0.25, -0.2) is 4.39 Å². The van der Waals surface area contributed by atoms with Crippen LogP contribution in [0.2, 0.25) is 0 Å². The minimum atomic E-state index is -0.515. The number of ether oxygens (including phenoxy) is 1. The number of fused-ring (bicyclic) bond motifs is 1. The third kappa shape index (κ3) is 6.61. The van der Waals surface area contributed by atoms with Crippen molar-refractivity contribution in [2.75, 3.05) is 20.2 Å². The molecule has 0 aliphatic carbocycles. The lowest BCUT2D eigenvalue weighted by atomic mass is 10.1. The lowest BCUT2D eigenvalue weighted by molar-refractivity contribution is -0.119. The number of benzene rings is 2. The summed E-state index contributed by atoms with van der Waals surface area (Å²) < 4.78 is 18.6. The van der Waals surface area contributed by atoms with Gasteiger partial charge in [-0.2, -0.15) is 0 Å². The Bertz CT molecular complexity index is 1020. The molecule has 1 heterocycles. The second kappa shape index (κ2) is 11.4.